The molecule has 0 spiro atoms. The maximum Gasteiger partial charge on any atom is 0.243 e. The number of sulfonamides is 1. The Bertz CT molecular complexity index is 583. The summed E-state index contributed by atoms with van der Waals surface area (Å²) < 4.78 is 26.8. The number of benzene rings is 1. The molecule has 2 bridgehead atoms. The van der Waals surface area contributed by atoms with Gasteiger partial charge in [0.1, 0.15) is 0 Å². The van der Waals surface area contributed by atoms with Crippen molar-refractivity contribution in [1.82, 2.24) is 4.31 Å². The molecule has 1 heterocycles. The lowest BCUT2D eigenvalue weighted by atomic mass is 10.1. The Morgan fingerprint density at radius 2 is 2.11 bits per heavy atom. The summed E-state index contributed by atoms with van der Waals surface area (Å²) in [4.78, 5) is 0.377. The van der Waals surface area contributed by atoms with Crippen LogP contribution in [0.25, 0.3) is 0 Å². The van der Waals surface area contributed by atoms with Crippen LogP contribution < -0.4 is 5.73 Å². The van der Waals surface area contributed by atoms with Crippen LogP contribution in [0, 0.1) is 12.8 Å². The summed E-state index contributed by atoms with van der Waals surface area (Å²) in [7, 11) is -3.33. The molecular formula is C13H18N2O2S. The second kappa shape index (κ2) is 3.96. The Balaban J connectivity index is 1.97. The molecule has 18 heavy (non-hydrogen) atoms. The Morgan fingerprint density at radius 3 is 2.67 bits per heavy atom. The lowest BCUT2D eigenvalue weighted by Gasteiger charge is -2.26. The minimum atomic E-state index is -3.33. The molecule has 0 radical (unpaired) electrons. The van der Waals surface area contributed by atoms with Crippen LogP contribution in [-0.2, 0) is 10.0 Å². The fourth-order valence-electron chi connectivity index (χ4n) is 3.12. The molecule has 1 aromatic carbocycles. The van der Waals surface area contributed by atoms with Crippen LogP contribution in [-0.4, -0.2) is 25.3 Å². The molecule has 0 aromatic heterocycles. The van der Waals surface area contributed by atoms with Gasteiger partial charge in [0.25, 0.3) is 0 Å². The van der Waals surface area contributed by atoms with Crippen molar-refractivity contribution in [3.05, 3.63) is 23.8 Å². The maximum atomic E-state index is 12.6. The topological polar surface area (TPSA) is 63.4 Å². The molecule has 4 nitrogen and oxygen atoms in total. The van der Waals surface area contributed by atoms with E-state index >= 15 is 0 Å². The molecule has 0 amide bonds. The molecule has 2 unspecified atom stereocenters. The molecular weight excluding hydrogens is 248 g/mol. The number of nitrogens with two attached hydrogens (primary N) is 1. The van der Waals surface area contributed by atoms with E-state index in [1.54, 1.807) is 22.5 Å². The van der Waals surface area contributed by atoms with Gasteiger partial charge < -0.3 is 5.73 Å². The average Bonchev–Trinajstić information content (AvgIpc) is 2.94. The predicted octanol–water partition coefficient (Wildman–Crippen LogP) is 1.75. The molecule has 5 heteroatoms. The quantitative estimate of drug-likeness (QED) is 0.829. The zero-order chi connectivity index (χ0) is 12.9. The van der Waals surface area contributed by atoms with E-state index in [1.807, 2.05) is 6.92 Å². The fourth-order valence-corrected chi connectivity index (χ4v) is 4.95. The summed E-state index contributed by atoms with van der Waals surface area (Å²) in [5, 5.41) is 0. The van der Waals surface area contributed by atoms with E-state index in [1.165, 1.54) is 6.42 Å². The second-order valence-electron chi connectivity index (χ2n) is 5.43. The van der Waals surface area contributed by atoms with Crippen LogP contribution in [0.2, 0.25) is 0 Å². The summed E-state index contributed by atoms with van der Waals surface area (Å²) in [5.74, 6) is 0.569. The smallest absolute Gasteiger partial charge is 0.243 e. The van der Waals surface area contributed by atoms with Gasteiger partial charge in [-0.3, -0.25) is 0 Å². The molecule has 1 saturated carbocycles. The normalized spacial score (nSPS) is 27.8. The number of anilines is 1. The third kappa shape index (κ3) is 1.73. The van der Waals surface area contributed by atoms with E-state index in [2.05, 4.69) is 0 Å². The highest BCUT2D eigenvalue weighted by Crippen LogP contribution is 2.40. The number of piperidine rings is 1. The van der Waals surface area contributed by atoms with Gasteiger partial charge in [-0.15, -0.1) is 0 Å². The number of hydrogen-bond donors (Lipinski definition) is 1. The van der Waals surface area contributed by atoms with Gasteiger partial charge in [0.15, 0.2) is 0 Å². The Hall–Kier alpha value is -1.07. The second-order valence-corrected chi connectivity index (χ2v) is 7.32. The van der Waals surface area contributed by atoms with Crippen molar-refractivity contribution >= 4 is 15.7 Å². The Labute approximate surface area is 108 Å². The number of aryl methyl sites for hydroxylation is 1. The van der Waals surface area contributed by atoms with Crippen molar-refractivity contribution in [2.45, 2.75) is 37.1 Å². The van der Waals surface area contributed by atoms with Crippen LogP contribution >= 0.6 is 0 Å². The van der Waals surface area contributed by atoms with Gasteiger partial charge in [0, 0.05) is 18.3 Å². The lowest BCUT2D eigenvalue weighted by Crippen LogP contribution is -2.37. The van der Waals surface area contributed by atoms with Gasteiger partial charge in [-0.25, -0.2) is 8.42 Å². The molecule has 2 fully saturated rings. The predicted molar refractivity (Wildman–Crippen MR) is 70.6 cm³/mol. The van der Waals surface area contributed by atoms with Gasteiger partial charge >= 0.3 is 0 Å². The summed E-state index contributed by atoms with van der Waals surface area (Å²) >= 11 is 0. The third-order valence-corrected chi connectivity index (χ3v) is 6.12. The SMILES string of the molecule is Cc1cc(S(=O)(=O)N2CC3CCC2C3)ccc1N. The van der Waals surface area contributed by atoms with E-state index in [0.29, 0.717) is 23.0 Å². The van der Waals surface area contributed by atoms with Gasteiger partial charge in [-0.1, -0.05) is 0 Å². The van der Waals surface area contributed by atoms with Crippen molar-refractivity contribution in [3.8, 4) is 0 Å². The zero-order valence-electron chi connectivity index (χ0n) is 10.5. The first-order valence-corrected chi connectivity index (χ1v) is 7.80. The van der Waals surface area contributed by atoms with Crippen molar-refractivity contribution < 1.29 is 8.42 Å². The maximum absolute atomic E-state index is 12.6. The van der Waals surface area contributed by atoms with Gasteiger partial charge in [0.05, 0.1) is 4.90 Å². The standard InChI is InChI=1S/C13H18N2O2S/c1-9-6-12(4-5-13(9)14)18(16,17)15-8-10-2-3-11(15)7-10/h4-6,10-11H,2-3,7-8,14H2,1H3. The molecule has 2 atom stereocenters. The van der Waals surface area contributed by atoms with Crippen LogP contribution in [0.3, 0.4) is 0 Å². The van der Waals surface area contributed by atoms with E-state index < -0.39 is 10.0 Å². The minimum absolute atomic E-state index is 0.220. The van der Waals surface area contributed by atoms with E-state index in [0.717, 1.165) is 18.4 Å². The van der Waals surface area contributed by atoms with E-state index in [-0.39, 0.29) is 6.04 Å². The summed E-state index contributed by atoms with van der Waals surface area (Å²) in [5.41, 5.74) is 7.19. The molecule has 1 aliphatic carbocycles. The molecule has 1 saturated heterocycles. The summed E-state index contributed by atoms with van der Waals surface area (Å²) in [6, 6.07) is 5.19. The van der Waals surface area contributed by atoms with Crippen molar-refractivity contribution in [2.75, 3.05) is 12.3 Å². The van der Waals surface area contributed by atoms with E-state index in [4.69, 9.17) is 5.73 Å². The first-order chi connectivity index (χ1) is 8.48. The van der Waals surface area contributed by atoms with E-state index in [9.17, 15) is 8.42 Å². The summed E-state index contributed by atoms with van der Waals surface area (Å²) in [6.07, 6.45) is 3.22. The molecule has 1 aromatic rings. The fraction of sp³-hybridized carbons (Fsp3) is 0.538. The number of nitrogens with zero attached hydrogens (tertiary/aromatic N) is 1. The van der Waals surface area contributed by atoms with Gasteiger partial charge in [-0.05, 0) is 55.9 Å². The third-order valence-electron chi connectivity index (χ3n) is 4.21. The van der Waals surface area contributed by atoms with Crippen LogP contribution in [0.15, 0.2) is 23.1 Å². The van der Waals surface area contributed by atoms with Crippen molar-refractivity contribution in [3.63, 3.8) is 0 Å². The van der Waals surface area contributed by atoms with Crippen LogP contribution in [0.1, 0.15) is 24.8 Å². The Morgan fingerprint density at radius 1 is 1.33 bits per heavy atom. The molecule has 3 rings (SSSR count). The highest BCUT2D eigenvalue weighted by atomic mass is 32.2. The molecule has 2 N–H and O–H groups in total. The summed E-state index contributed by atoms with van der Waals surface area (Å²) in [6.45, 7) is 2.53. The van der Waals surface area contributed by atoms with Gasteiger partial charge in [0.2, 0.25) is 10.0 Å². The minimum Gasteiger partial charge on any atom is -0.399 e. The first kappa shape index (κ1) is 12.0. The average molecular weight is 266 g/mol. The van der Waals surface area contributed by atoms with Gasteiger partial charge in [-0.2, -0.15) is 4.31 Å². The largest absolute Gasteiger partial charge is 0.399 e. The molecule has 2 aliphatic rings. The highest BCUT2D eigenvalue weighted by molar-refractivity contribution is 7.89. The molecule has 98 valence electrons. The first-order valence-electron chi connectivity index (χ1n) is 6.36. The number of fused-ring (bicyclic) bond motifs is 2. The zero-order valence-corrected chi connectivity index (χ0v) is 11.3. The highest BCUT2D eigenvalue weighted by Gasteiger charge is 2.44. The van der Waals surface area contributed by atoms with Crippen LogP contribution in [0.4, 0.5) is 5.69 Å². The number of hydrogen-bond acceptors (Lipinski definition) is 3. The lowest BCUT2D eigenvalue weighted by molar-refractivity contribution is 0.333. The number of rotatable bonds is 2. The number of nitrogen functional groups attached to an aromatic ring is 1. The Kier molecular flexibility index (Phi) is 2.64. The van der Waals surface area contributed by atoms with Crippen LogP contribution in [0.5, 0.6) is 0 Å². The monoisotopic (exact) mass is 266 g/mol. The van der Waals surface area contributed by atoms with Crippen molar-refractivity contribution in [2.24, 2.45) is 5.92 Å². The molecule has 1 aliphatic heterocycles. The van der Waals surface area contributed by atoms with Crippen molar-refractivity contribution in [1.29, 1.82) is 0 Å².